The molecule has 0 saturated carbocycles. The van der Waals surface area contributed by atoms with E-state index in [0.29, 0.717) is 12.1 Å². The van der Waals surface area contributed by atoms with E-state index in [1.165, 1.54) is 0 Å². The smallest absolute Gasteiger partial charge is 0.225 e. The van der Waals surface area contributed by atoms with Crippen molar-refractivity contribution in [3.8, 4) is 0 Å². The summed E-state index contributed by atoms with van der Waals surface area (Å²) in [7, 11) is 0. The zero-order chi connectivity index (χ0) is 13.6. The fourth-order valence-corrected chi connectivity index (χ4v) is 1.60. The molecule has 0 radical (unpaired) electrons. The van der Waals surface area contributed by atoms with E-state index in [9.17, 15) is 15.0 Å². The third kappa shape index (κ3) is 3.72. The van der Waals surface area contributed by atoms with Crippen LogP contribution in [0.5, 0.6) is 0 Å². The van der Waals surface area contributed by atoms with Crippen LogP contribution in [0.4, 0.5) is 5.69 Å². The number of aliphatic hydroxyl groups excluding tert-OH is 2. The van der Waals surface area contributed by atoms with Gasteiger partial charge in [-0.3, -0.25) is 4.79 Å². The van der Waals surface area contributed by atoms with Gasteiger partial charge < -0.3 is 21.3 Å². The zero-order valence-electron chi connectivity index (χ0n) is 10.5. The molecule has 0 aliphatic heterocycles. The normalized spacial score (nSPS) is 11.3. The lowest BCUT2D eigenvalue weighted by Crippen LogP contribution is -2.54. The highest BCUT2D eigenvalue weighted by Crippen LogP contribution is 2.10. The first-order valence-electron chi connectivity index (χ1n) is 5.92. The van der Waals surface area contributed by atoms with Gasteiger partial charge in [0.15, 0.2) is 0 Å². The minimum Gasteiger partial charge on any atom is -0.399 e. The summed E-state index contributed by atoms with van der Waals surface area (Å²) in [5.74, 6) is -0.232. The molecule has 0 saturated heterocycles. The number of carbonyl (C=O) groups excluding carboxylic acids is 1. The molecule has 0 aliphatic rings. The fourth-order valence-electron chi connectivity index (χ4n) is 1.60. The van der Waals surface area contributed by atoms with E-state index in [0.717, 1.165) is 5.56 Å². The third-order valence-electron chi connectivity index (χ3n) is 3.03. The molecule has 1 aromatic carbocycles. The van der Waals surface area contributed by atoms with Gasteiger partial charge in [0, 0.05) is 5.69 Å². The highest BCUT2D eigenvalue weighted by Gasteiger charge is 2.28. The van der Waals surface area contributed by atoms with Crippen molar-refractivity contribution >= 4 is 11.6 Å². The number of rotatable bonds is 6. The Morgan fingerprint density at radius 1 is 1.28 bits per heavy atom. The predicted molar refractivity (Wildman–Crippen MR) is 69.9 cm³/mol. The van der Waals surface area contributed by atoms with Crippen molar-refractivity contribution in [2.75, 3.05) is 18.9 Å². The topological polar surface area (TPSA) is 95.6 Å². The summed E-state index contributed by atoms with van der Waals surface area (Å²) in [6, 6.07) is 7.02. The van der Waals surface area contributed by atoms with Gasteiger partial charge in [0.1, 0.15) is 0 Å². The number of benzene rings is 1. The van der Waals surface area contributed by atoms with Gasteiger partial charge in [-0.2, -0.15) is 0 Å². The molecule has 0 spiro atoms. The van der Waals surface area contributed by atoms with Gasteiger partial charge in [-0.05, 0) is 24.1 Å². The van der Waals surface area contributed by atoms with Crippen molar-refractivity contribution in [2.45, 2.75) is 25.3 Å². The van der Waals surface area contributed by atoms with E-state index in [1.54, 1.807) is 31.2 Å². The number of nitrogen functional groups attached to an aromatic ring is 1. The molecule has 1 aromatic rings. The molecule has 100 valence electrons. The Hall–Kier alpha value is -1.59. The van der Waals surface area contributed by atoms with Gasteiger partial charge in [0.05, 0.1) is 25.2 Å². The summed E-state index contributed by atoms with van der Waals surface area (Å²) in [5.41, 5.74) is 6.10. The van der Waals surface area contributed by atoms with Crippen molar-refractivity contribution in [3.05, 3.63) is 29.8 Å². The Morgan fingerprint density at radius 2 is 1.83 bits per heavy atom. The Kier molecular flexibility index (Phi) is 5.12. The number of amides is 1. The third-order valence-corrected chi connectivity index (χ3v) is 3.03. The highest BCUT2D eigenvalue weighted by molar-refractivity contribution is 5.79. The summed E-state index contributed by atoms with van der Waals surface area (Å²) in [4.78, 5) is 11.8. The van der Waals surface area contributed by atoms with Crippen LogP contribution in [0.15, 0.2) is 24.3 Å². The minimum atomic E-state index is -0.940. The molecule has 0 bridgehead atoms. The molecule has 0 fully saturated rings. The Balaban J connectivity index is 2.63. The second-order valence-corrected chi connectivity index (χ2v) is 4.42. The van der Waals surface area contributed by atoms with Crippen LogP contribution in [0.25, 0.3) is 0 Å². The van der Waals surface area contributed by atoms with Crippen LogP contribution in [0, 0.1) is 0 Å². The molecule has 1 amide bonds. The Morgan fingerprint density at radius 3 is 2.28 bits per heavy atom. The quantitative estimate of drug-likeness (QED) is 0.538. The fraction of sp³-hybridized carbons (Fsp3) is 0.462. The Labute approximate surface area is 107 Å². The van der Waals surface area contributed by atoms with Gasteiger partial charge >= 0.3 is 0 Å². The molecule has 0 atom stereocenters. The average molecular weight is 252 g/mol. The van der Waals surface area contributed by atoms with Crippen LogP contribution in [0.3, 0.4) is 0 Å². The number of nitrogens with one attached hydrogen (secondary N) is 1. The minimum absolute atomic E-state index is 0.196. The van der Waals surface area contributed by atoms with Crippen molar-refractivity contribution in [3.63, 3.8) is 0 Å². The molecule has 5 N–H and O–H groups in total. The first kappa shape index (κ1) is 14.5. The SMILES string of the molecule is CCC(CO)(CO)NC(=O)Cc1ccc(N)cc1. The first-order chi connectivity index (χ1) is 8.55. The number of aliphatic hydroxyl groups is 2. The van der Waals surface area contributed by atoms with Crippen molar-refractivity contribution in [1.29, 1.82) is 0 Å². The highest BCUT2D eigenvalue weighted by atomic mass is 16.3. The summed E-state index contributed by atoms with van der Waals surface area (Å²) >= 11 is 0. The van der Waals surface area contributed by atoms with Crippen LogP contribution in [0.1, 0.15) is 18.9 Å². The predicted octanol–water partition coefficient (Wildman–Crippen LogP) is 0.0609. The number of hydrogen-bond acceptors (Lipinski definition) is 4. The molecular formula is C13H20N2O3. The van der Waals surface area contributed by atoms with E-state index in [4.69, 9.17) is 5.73 Å². The molecule has 0 aliphatic carbocycles. The van der Waals surface area contributed by atoms with Crippen LogP contribution in [-0.2, 0) is 11.2 Å². The summed E-state index contributed by atoms with van der Waals surface area (Å²) < 4.78 is 0. The van der Waals surface area contributed by atoms with E-state index in [-0.39, 0.29) is 25.5 Å². The molecular weight excluding hydrogens is 232 g/mol. The molecule has 18 heavy (non-hydrogen) atoms. The van der Waals surface area contributed by atoms with E-state index >= 15 is 0 Å². The Bertz CT molecular complexity index is 377. The van der Waals surface area contributed by atoms with Crippen molar-refractivity contribution in [2.24, 2.45) is 0 Å². The molecule has 0 aromatic heterocycles. The largest absolute Gasteiger partial charge is 0.399 e. The van der Waals surface area contributed by atoms with Crippen molar-refractivity contribution in [1.82, 2.24) is 5.32 Å². The number of nitrogens with two attached hydrogens (primary N) is 1. The zero-order valence-corrected chi connectivity index (χ0v) is 10.5. The van der Waals surface area contributed by atoms with Gasteiger partial charge in [0.2, 0.25) is 5.91 Å². The van der Waals surface area contributed by atoms with E-state index < -0.39 is 5.54 Å². The van der Waals surface area contributed by atoms with Crippen molar-refractivity contribution < 1.29 is 15.0 Å². The van der Waals surface area contributed by atoms with Gasteiger partial charge in [0.25, 0.3) is 0 Å². The van der Waals surface area contributed by atoms with Gasteiger partial charge in [-0.25, -0.2) is 0 Å². The number of hydrogen-bond donors (Lipinski definition) is 4. The lowest BCUT2D eigenvalue weighted by atomic mass is 9.98. The maximum Gasteiger partial charge on any atom is 0.225 e. The lowest BCUT2D eigenvalue weighted by Gasteiger charge is -2.29. The molecule has 0 heterocycles. The summed E-state index contributed by atoms with van der Waals surface area (Å²) in [5, 5.41) is 21.1. The van der Waals surface area contributed by atoms with Crippen LogP contribution >= 0.6 is 0 Å². The standard InChI is InChI=1S/C13H20N2O3/c1-2-13(8-16,9-17)15-12(18)7-10-3-5-11(14)6-4-10/h3-6,16-17H,2,7-9,14H2,1H3,(H,15,18). The second-order valence-electron chi connectivity index (χ2n) is 4.42. The van der Waals surface area contributed by atoms with Gasteiger partial charge in [-0.1, -0.05) is 19.1 Å². The average Bonchev–Trinajstić information content (AvgIpc) is 2.39. The maximum absolute atomic E-state index is 11.8. The molecule has 5 heteroatoms. The molecule has 0 unspecified atom stereocenters. The van der Waals surface area contributed by atoms with E-state index in [2.05, 4.69) is 5.32 Å². The van der Waals surface area contributed by atoms with Crippen LogP contribution in [-0.4, -0.2) is 34.9 Å². The molecule has 5 nitrogen and oxygen atoms in total. The molecule has 1 rings (SSSR count). The first-order valence-corrected chi connectivity index (χ1v) is 5.92. The monoisotopic (exact) mass is 252 g/mol. The van der Waals surface area contributed by atoms with Crippen LogP contribution in [0.2, 0.25) is 0 Å². The number of carbonyl (C=O) groups is 1. The van der Waals surface area contributed by atoms with E-state index in [1.807, 2.05) is 0 Å². The maximum atomic E-state index is 11.8. The van der Waals surface area contributed by atoms with Gasteiger partial charge in [-0.15, -0.1) is 0 Å². The summed E-state index contributed by atoms with van der Waals surface area (Å²) in [6.07, 6.45) is 0.662. The lowest BCUT2D eigenvalue weighted by molar-refractivity contribution is -0.123. The van der Waals surface area contributed by atoms with Crippen LogP contribution < -0.4 is 11.1 Å². The number of anilines is 1. The second kappa shape index (κ2) is 6.37. The summed E-state index contributed by atoms with van der Waals surface area (Å²) in [6.45, 7) is 1.23.